The molecule has 1 saturated heterocycles. The fourth-order valence-electron chi connectivity index (χ4n) is 3.21. The summed E-state index contributed by atoms with van der Waals surface area (Å²) in [6.45, 7) is 6.87. The van der Waals surface area contributed by atoms with E-state index in [9.17, 15) is 0 Å². The van der Waals surface area contributed by atoms with Crippen LogP contribution in [0.4, 0.5) is 5.82 Å². The van der Waals surface area contributed by atoms with Crippen molar-refractivity contribution in [3.05, 3.63) is 23.9 Å². The topological polar surface area (TPSA) is 68.2 Å². The number of hydrogen-bond acceptors (Lipinski definition) is 4. The van der Waals surface area contributed by atoms with E-state index in [2.05, 4.69) is 23.7 Å². The molecule has 4 N–H and O–H groups in total. The zero-order valence-corrected chi connectivity index (χ0v) is 12.8. The molecule has 1 aromatic heterocycles. The van der Waals surface area contributed by atoms with Gasteiger partial charge in [0.05, 0.1) is 0 Å². The summed E-state index contributed by atoms with van der Waals surface area (Å²) in [5.74, 6) is 0.611. The number of hydrogen-bond donors (Lipinski definition) is 2. The Morgan fingerprint density at radius 3 is 2.65 bits per heavy atom. The average Bonchev–Trinajstić information content (AvgIpc) is 2.49. The molecular weight excluding hydrogens is 248 g/mol. The van der Waals surface area contributed by atoms with Crippen LogP contribution in [0.3, 0.4) is 0 Å². The lowest BCUT2D eigenvalue weighted by atomic mass is 9.83. The van der Waals surface area contributed by atoms with Crippen molar-refractivity contribution in [1.82, 2.24) is 9.88 Å². The first-order valence-electron chi connectivity index (χ1n) is 7.78. The van der Waals surface area contributed by atoms with E-state index >= 15 is 0 Å². The van der Waals surface area contributed by atoms with Crippen LogP contribution in [0, 0.1) is 0 Å². The molecule has 4 nitrogen and oxygen atoms in total. The van der Waals surface area contributed by atoms with E-state index in [4.69, 9.17) is 11.5 Å². The van der Waals surface area contributed by atoms with Gasteiger partial charge in [-0.3, -0.25) is 4.90 Å². The summed E-state index contributed by atoms with van der Waals surface area (Å²) in [5, 5.41) is 0. The van der Waals surface area contributed by atoms with E-state index in [0.717, 1.165) is 18.4 Å². The zero-order chi connectivity index (χ0) is 14.6. The molecule has 0 spiro atoms. The molecule has 1 aromatic rings. The summed E-state index contributed by atoms with van der Waals surface area (Å²) in [5.41, 5.74) is 13.6. The first-order valence-corrected chi connectivity index (χ1v) is 7.78. The third kappa shape index (κ3) is 3.13. The Balaban J connectivity index is 2.11. The standard InChI is InChI=1S/C16H28N4/c1-3-16(2,20-10-5-4-6-11-20)14(17)12-13-8-7-9-19-15(13)18/h7-9,14H,3-6,10-12,17H2,1-2H3,(H2,18,19). The van der Waals surface area contributed by atoms with Crippen molar-refractivity contribution in [2.24, 2.45) is 5.73 Å². The van der Waals surface area contributed by atoms with Gasteiger partial charge in [-0.25, -0.2) is 4.98 Å². The van der Waals surface area contributed by atoms with Crippen molar-refractivity contribution in [2.75, 3.05) is 18.8 Å². The lowest BCUT2D eigenvalue weighted by Gasteiger charge is -2.47. The smallest absolute Gasteiger partial charge is 0.126 e. The minimum Gasteiger partial charge on any atom is -0.383 e. The van der Waals surface area contributed by atoms with Gasteiger partial charge in [-0.05, 0) is 57.3 Å². The number of nitrogens with two attached hydrogens (primary N) is 2. The number of nitrogen functional groups attached to an aromatic ring is 1. The third-order valence-corrected chi connectivity index (χ3v) is 4.96. The summed E-state index contributed by atoms with van der Waals surface area (Å²) in [6, 6.07) is 4.05. The first kappa shape index (κ1) is 15.3. The maximum Gasteiger partial charge on any atom is 0.126 e. The molecule has 2 unspecified atom stereocenters. The van der Waals surface area contributed by atoms with Crippen LogP contribution in [0.15, 0.2) is 18.3 Å². The Kier molecular flexibility index (Phi) is 5.00. The predicted octanol–water partition coefficient (Wildman–Crippen LogP) is 2.19. The molecular formula is C16H28N4. The zero-order valence-electron chi connectivity index (χ0n) is 12.8. The quantitative estimate of drug-likeness (QED) is 0.865. The van der Waals surface area contributed by atoms with Crippen LogP contribution in [0.2, 0.25) is 0 Å². The van der Waals surface area contributed by atoms with E-state index in [1.165, 1.54) is 32.4 Å². The van der Waals surface area contributed by atoms with Crippen LogP contribution in [-0.4, -0.2) is 34.6 Å². The largest absolute Gasteiger partial charge is 0.383 e. The molecule has 0 radical (unpaired) electrons. The Morgan fingerprint density at radius 2 is 2.05 bits per heavy atom. The van der Waals surface area contributed by atoms with Crippen molar-refractivity contribution in [3.63, 3.8) is 0 Å². The summed E-state index contributed by atoms with van der Waals surface area (Å²) in [4.78, 5) is 6.74. The van der Waals surface area contributed by atoms with Gasteiger partial charge >= 0.3 is 0 Å². The lowest BCUT2D eigenvalue weighted by Crippen LogP contribution is -2.59. The SMILES string of the molecule is CCC(C)(C(N)Cc1cccnc1N)N1CCCCC1. The summed E-state index contributed by atoms with van der Waals surface area (Å²) >= 11 is 0. The molecule has 4 heteroatoms. The first-order chi connectivity index (χ1) is 9.58. The fourth-order valence-corrected chi connectivity index (χ4v) is 3.21. The fraction of sp³-hybridized carbons (Fsp3) is 0.688. The van der Waals surface area contributed by atoms with Crippen LogP contribution in [0.5, 0.6) is 0 Å². The van der Waals surface area contributed by atoms with E-state index in [-0.39, 0.29) is 11.6 Å². The second-order valence-corrected chi connectivity index (χ2v) is 6.12. The highest BCUT2D eigenvalue weighted by Gasteiger charge is 2.36. The van der Waals surface area contributed by atoms with Gasteiger partial charge in [0.2, 0.25) is 0 Å². The number of anilines is 1. The highest BCUT2D eigenvalue weighted by Crippen LogP contribution is 2.28. The van der Waals surface area contributed by atoms with Gasteiger partial charge < -0.3 is 11.5 Å². The van der Waals surface area contributed by atoms with Gasteiger partial charge in [0, 0.05) is 17.8 Å². The third-order valence-electron chi connectivity index (χ3n) is 4.96. The van der Waals surface area contributed by atoms with Crippen molar-refractivity contribution in [3.8, 4) is 0 Å². The Labute approximate surface area is 122 Å². The lowest BCUT2D eigenvalue weighted by molar-refractivity contribution is 0.0546. The number of aromatic nitrogens is 1. The molecule has 0 amide bonds. The molecule has 2 rings (SSSR count). The van der Waals surface area contributed by atoms with Gasteiger partial charge in [0.1, 0.15) is 5.82 Å². The second-order valence-electron chi connectivity index (χ2n) is 6.12. The highest BCUT2D eigenvalue weighted by molar-refractivity contribution is 5.39. The van der Waals surface area contributed by atoms with Crippen molar-refractivity contribution in [2.45, 2.75) is 57.5 Å². The number of piperidine rings is 1. The second kappa shape index (κ2) is 6.55. The maximum atomic E-state index is 6.57. The highest BCUT2D eigenvalue weighted by atomic mass is 15.2. The molecule has 0 bridgehead atoms. The monoisotopic (exact) mass is 276 g/mol. The van der Waals surface area contributed by atoms with Crippen molar-refractivity contribution in [1.29, 1.82) is 0 Å². The average molecular weight is 276 g/mol. The van der Waals surface area contributed by atoms with E-state index in [0.29, 0.717) is 5.82 Å². The van der Waals surface area contributed by atoms with E-state index in [1.54, 1.807) is 6.20 Å². The van der Waals surface area contributed by atoms with Crippen LogP contribution in [-0.2, 0) is 6.42 Å². The van der Waals surface area contributed by atoms with Gasteiger partial charge in [-0.1, -0.05) is 19.4 Å². The number of likely N-dealkylation sites (tertiary alicyclic amines) is 1. The molecule has 0 saturated carbocycles. The number of pyridine rings is 1. The van der Waals surface area contributed by atoms with Gasteiger partial charge in [-0.2, -0.15) is 0 Å². The molecule has 0 aromatic carbocycles. The molecule has 2 heterocycles. The molecule has 20 heavy (non-hydrogen) atoms. The van der Waals surface area contributed by atoms with E-state index < -0.39 is 0 Å². The van der Waals surface area contributed by atoms with Crippen LogP contribution in [0.1, 0.15) is 45.1 Å². The normalized spacial score (nSPS) is 21.4. The Bertz CT molecular complexity index is 428. The molecule has 2 atom stereocenters. The Hall–Kier alpha value is -1.13. The van der Waals surface area contributed by atoms with Crippen LogP contribution >= 0.6 is 0 Å². The van der Waals surface area contributed by atoms with Crippen LogP contribution < -0.4 is 11.5 Å². The van der Waals surface area contributed by atoms with Gasteiger partial charge in [0.15, 0.2) is 0 Å². The summed E-state index contributed by atoms with van der Waals surface area (Å²) in [6.07, 6.45) is 7.51. The predicted molar refractivity (Wildman–Crippen MR) is 84.4 cm³/mol. The van der Waals surface area contributed by atoms with Crippen molar-refractivity contribution < 1.29 is 0 Å². The number of rotatable bonds is 5. The van der Waals surface area contributed by atoms with Crippen molar-refractivity contribution >= 4 is 5.82 Å². The van der Waals surface area contributed by atoms with E-state index in [1.807, 2.05) is 12.1 Å². The maximum absolute atomic E-state index is 6.57. The molecule has 1 aliphatic heterocycles. The molecule has 1 aliphatic rings. The van der Waals surface area contributed by atoms with Crippen LogP contribution in [0.25, 0.3) is 0 Å². The molecule has 1 fully saturated rings. The molecule has 0 aliphatic carbocycles. The van der Waals surface area contributed by atoms with Gasteiger partial charge in [0.25, 0.3) is 0 Å². The van der Waals surface area contributed by atoms with Gasteiger partial charge in [-0.15, -0.1) is 0 Å². The molecule has 112 valence electrons. The number of nitrogens with zero attached hydrogens (tertiary/aromatic N) is 2. The summed E-state index contributed by atoms with van der Waals surface area (Å²) in [7, 11) is 0. The Morgan fingerprint density at radius 1 is 1.35 bits per heavy atom. The minimum absolute atomic E-state index is 0.0443. The minimum atomic E-state index is 0.0443. The summed E-state index contributed by atoms with van der Waals surface area (Å²) < 4.78 is 0.